The molecule has 0 saturated heterocycles. The highest BCUT2D eigenvalue weighted by molar-refractivity contribution is 6.07. The molecule has 5 nitrogen and oxygen atoms in total. The van der Waals surface area contributed by atoms with E-state index in [1.807, 2.05) is 24.4 Å². The number of quaternary nitrogens is 1. The second kappa shape index (κ2) is 12.0. The SMILES string of the molecule is COc1ccc(C(=O)/C=C/c2cn(C[C@@H](O)C[NH+](CC(C)C)CC(C)C)c3ccccc23)cc1. The van der Waals surface area contributed by atoms with Gasteiger partial charge in [0, 0.05) is 40.1 Å². The van der Waals surface area contributed by atoms with Crippen LogP contribution in [-0.2, 0) is 6.54 Å². The van der Waals surface area contributed by atoms with Crippen LogP contribution < -0.4 is 9.64 Å². The van der Waals surface area contributed by atoms with Gasteiger partial charge in [0.25, 0.3) is 0 Å². The minimum Gasteiger partial charge on any atom is -0.497 e. The lowest BCUT2D eigenvalue weighted by atomic mass is 10.1. The summed E-state index contributed by atoms with van der Waals surface area (Å²) in [5, 5.41) is 12.0. The molecule has 0 bridgehead atoms. The van der Waals surface area contributed by atoms with E-state index in [1.54, 1.807) is 37.5 Å². The lowest BCUT2D eigenvalue weighted by molar-refractivity contribution is -0.909. The van der Waals surface area contributed by atoms with Gasteiger partial charge in [0.1, 0.15) is 18.4 Å². The molecule has 0 aliphatic rings. The molecule has 0 aliphatic carbocycles. The maximum absolute atomic E-state index is 12.7. The topological polar surface area (TPSA) is 55.9 Å². The van der Waals surface area contributed by atoms with Gasteiger partial charge < -0.3 is 19.3 Å². The third kappa shape index (κ3) is 7.05. The van der Waals surface area contributed by atoms with Crippen LogP contribution in [0.25, 0.3) is 17.0 Å². The lowest BCUT2D eigenvalue weighted by Crippen LogP contribution is -3.14. The normalized spacial score (nSPS) is 13.0. The van der Waals surface area contributed by atoms with Crippen molar-refractivity contribution in [2.45, 2.75) is 40.3 Å². The number of hydrogen-bond donors (Lipinski definition) is 2. The molecule has 0 unspecified atom stereocenters. The monoisotopic (exact) mass is 463 g/mol. The molecule has 34 heavy (non-hydrogen) atoms. The van der Waals surface area contributed by atoms with Crippen LogP contribution in [0.2, 0.25) is 0 Å². The van der Waals surface area contributed by atoms with Crippen LogP contribution in [0, 0.1) is 11.8 Å². The standard InChI is InChI=1S/C29H38N2O3/c1-21(2)16-30(17-22(3)4)19-25(32)20-31-18-24(27-8-6-7-9-28(27)31)12-15-29(33)23-10-13-26(34-5)14-11-23/h6-15,18,21-22,25,32H,16-17,19-20H2,1-5H3/p+1/b15-12+/t25-/m0/s1. The Bertz CT molecular complexity index is 1090. The molecule has 0 radical (unpaired) electrons. The van der Waals surface area contributed by atoms with E-state index in [-0.39, 0.29) is 5.78 Å². The third-order valence-electron chi connectivity index (χ3n) is 5.93. The first kappa shape index (κ1) is 25.7. The third-order valence-corrected chi connectivity index (χ3v) is 5.93. The Labute approximate surface area is 203 Å². The summed E-state index contributed by atoms with van der Waals surface area (Å²) < 4.78 is 7.28. The van der Waals surface area contributed by atoms with Gasteiger partial charge in [-0.2, -0.15) is 0 Å². The fourth-order valence-corrected chi connectivity index (χ4v) is 4.61. The zero-order valence-electron chi connectivity index (χ0n) is 21.1. The maximum Gasteiger partial charge on any atom is 0.185 e. The highest BCUT2D eigenvalue weighted by Crippen LogP contribution is 2.23. The summed E-state index contributed by atoms with van der Waals surface area (Å²) in [6.07, 6.45) is 5.08. The molecular formula is C29H39N2O3+. The summed E-state index contributed by atoms with van der Waals surface area (Å²) >= 11 is 0. The number of nitrogens with one attached hydrogen (secondary N) is 1. The Morgan fingerprint density at radius 1 is 1.00 bits per heavy atom. The first-order chi connectivity index (χ1) is 16.3. The van der Waals surface area contributed by atoms with Gasteiger partial charge in [0.2, 0.25) is 0 Å². The lowest BCUT2D eigenvalue weighted by Gasteiger charge is -2.25. The quantitative estimate of drug-likeness (QED) is 0.314. The highest BCUT2D eigenvalue weighted by Gasteiger charge is 2.19. The Balaban J connectivity index is 1.77. The second-order valence-electron chi connectivity index (χ2n) is 9.98. The van der Waals surface area contributed by atoms with E-state index in [0.717, 1.165) is 41.9 Å². The van der Waals surface area contributed by atoms with Crippen molar-refractivity contribution in [2.24, 2.45) is 11.8 Å². The predicted molar refractivity (Wildman–Crippen MR) is 140 cm³/mol. The number of aromatic nitrogens is 1. The minimum atomic E-state index is -0.443. The number of allylic oxidation sites excluding steroid dienone is 1. The zero-order valence-corrected chi connectivity index (χ0v) is 21.1. The van der Waals surface area contributed by atoms with Crippen molar-refractivity contribution in [3.63, 3.8) is 0 Å². The van der Waals surface area contributed by atoms with Gasteiger partial charge in [-0.25, -0.2) is 0 Å². The van der Waals surface area contributed by atoms with Crippen molar-refractivity contribution in [1.29, 1.82) is 0 Å². The fraction of sp³-hybridized carbons (Fsp3) is 0.414. The van der Waals surface area contributed by atoms with E-state index < -0.39 is 6.10 Å². The predicted octanol–water partition coefficient (Wildman–Crippen LogP) is 4.10. The molecule has 5 heteroatoms. The number of benzene rings is 2. The molecule has 0 spiro atoms. The Kier molecular flexibility index (Phi) is 9.08. The van der Waals surface area contributed by atoms with Gasteiger partial charge in [0.15, 0.2) is 5.78 Å². The Morgan fingerprint density at radius 3 is 2.26 bits per heavy atom. The number of nitrogens with zero attached hydrogens (tertiary/aromatic N) is 1. The van der Waals surface area contributed by atoms with E-state index in [1.165, 1.54) is 4.90 Å². The van der Waals surface area contributed by atoms with E-state index in [2.05, 4.69) is 44.4 Å². The van der Waals surface area contributed by atoms with Gasteiger partial charge >= 0.3 is 0 Å². The summed E-state index contributed by atoms with van der Waals surface area (Å²) in [7, 11) is 1.61. The van der Waals surface area contributed by atoms with Gasteiger partial charge in [-0.1, -0.05) is 45.9 Å². The highest BCUT2D eigenvalue weighted by atomic mass is 16.5. The van der Waals surface area contributed by atoms with E-state index in [0.29, 0.717) is 23.9 Å². The summed E-state index contributed by atoms with van der Waals surface area (Å²) in [5.74, 6) is 1.85. The molecule has 0 fully saturated rings. The van der Waals surface area contributed by atoms with Crippen LogP contribution in [0.5, 0.6) is 5.75 Å². The number of fused-ring (bicyclic) bond motifs is 1. The number of aliphatic hydroxyl groups is 1. The molecule has 3 aromatic rings. The number of hydrogen-bond acceptors (Lipinski definition) is 3. The van der Waals surface area contributed by atoms with Crippen LogP contribution in [0.15, 0.2) is 60.8 Å². The molecule has 0 amide bonds. The number of ether oxygens (including phenoxy) is 1. The molecule has 0 saturated carbocycles. The summed E-state index contributed by atoms with van der Waals surface area (Å²) in [4.78, 5) is 14.1. The molecular weight excluding hydrogens is 424 g/mol. The number of ketones is 1. The van der Waals surface area contributed by atoms with Gasteiger partial charge in [-0.15, -0.1) is 0 Å². The minimum absolute atomic E-state index is 0.0545. The van der Waals surface area contributed by atoms with Crippen molar-refractivity contribution < 1.29 is 19.5 Å². The van der Waals surface area contributed by atoms with Crippen LogP contribution in [0.3, 0.4) is 0 Å². The number of methoxy groups -OCH3 is 1. The summed E-state index contributed by atoms with van der Waals surface area (Å²) in [6.45, 7) is 12.3. The fourth-order valence-electron chi connectivity index (χ4n) is 4.61. The maximum atomic E-state index is 12.7. The first-order valence-electron chi connectivity index (χ1n) is 12.2. The van der Waals surface area contributed by atoms with E-state index in [9.17, 15) is 9.90 Å². The van der Waals surface area contributed by atoms with Crippen LogP contribution in [0.4, 0.5) is 0 Å². The molecule has 0 aliphatic heterocycles. The molecule has 1 atom stereocenters. The van der Waals surface area contributed by atoms with Crippen LogP contribution in [0.1, 0.15) is 43.6 Å². The van der Waals surface area contributed by atoms with Crippen LogP contribution in [-0.4, -0.2) is 48.3 Å². The van der Waals surface area contributed by atoms with Crippen LogP contribution >= 0.6 is 0 Å². The van der Waals surface area contributed by atoms with Crippen molar-refractivity contribution in [3.8, 4) is 5.75 Å². The number of aliphatic hydroxyl groups excluding tert-OH is 1. The molecule has 1 aromatic heterocycles. The zero-order chi connectivity index (χ0) is 24.7. The van der Waals surface area contributed by atoms with E-state index in [4.69, 9.17) is 4.74 Å². The number of carbonyl (C=O) groups is 1. The molecule has 2 N–H and O–H groups in total. The van der Waals surface area contributed by atoms with Gasteiger partial charge in [-0.05, 0) is 42.5 Å². The molecule has 3 rings (SSSR count). The molecule has 1 heterocycles. The summed E-state index contributed by atoms with van der Waals surface area (Å²) in [6, 6.07) is 15.3. The van der Waals surface area contributed by atoms with Crippen molar-refractivity contribution in [1.82, 2.24) is 4.57 Å². The average molecular weight is 464 g/mol. The number of rotatable bonds is 12. The van der Waals surface area contributed by atoms with Gasteiger partial charge in [-0.3, -0.25) is 4.79 Å². The van der Waals surface area contributed by atoms with Crippen molar-refractivity contribution in [2.75, 3.05) is 26.7 Å². The Hall–Kier alpha value is -2.89. The first-order valence-corrected chi connectivity index (χ1v) is 12.2. The van der Waals surface area contributed by atoms with Crippen molar-refractivity contribution >= 4 is 22.8 Å². The second-order valence-corrected chi connectivity index (χ2v) is 9.98. The molecule has 182 valence electrons. The smallest absolute Gasteiger partial charge is 0.185 e. The van der Waals surface area contributed by atoms with Crippen molar-refractivity contribution in [3.05, 3.63) is 71.9 Å². The summed E-state index contributed by atoms with van der Waals surface area (Å²) in [5.41, 5.74) is 2.65. The Morgan fingerprint density at radius 2 is 1.65 bits per heavy atom. The number of para-hydroxylation sites is 1. The van der Waals surface area contributed by atoms with Gasteiger partial charge in [0.05, 0.1) is 26.7 Å². The number of carbonyl (C=O) groups excluding carboxylic acids is 1. The van der Waals surface area contributed by atoms with E-state index >= 15 is 0 Å². The average Bonchev–Trinajstić information content (AvgIpc) is 3.14. The largest absolute Gasteiger partial charge is 0.497 e. The molecule has 2 aromatic carbocycles.